The standard InChI is InChI=1S/C21H28N2O2/c1-15(11-12-18-17(3)10-7-13-21(18,4)5)8-6-9-16(2)14-19-22-23-20(24)25-19/h6,8-9,11-12,14H,7,10,13H2,1-5H3,(H,23,24)/b9-6+,12-11+,15-8+,16-14+. The number of H-pyrrole nitrogens is 1. The van der Waals surface area contributed by atoms with E-state index in [1.807, 2.05) is 19.1 Å². The van der Waals surface area contributed by atoms with Crippen molar-refractivity contribution in [3.8, 4) is 0 Å². The number of aromatic nitrogens is 2. The molecule has 1 heterocycles. The van der Waals surface area contributed by atoms with Crippen molar-refractivity contribution in [1.82, 2.24) is 10.2 Å². The first-order chi connectivity index (χ1) is 11.8. The molecular formula is C21H28N2O2. The topological polar surface area (TPSA) is 58.9 Å². The van der Waals surface area contributed by atoms with Crippen molar-refractivity contribution in [3.05, 3.63) is 69.1 Å². The van der Waals surface area contributed by atoms with Crippen LogP contribution in [0.1, 0.15) is 59.8 Å². The van der Waals surface area contributed by atoms with Crippen LogP contribution in [0.4, 0.5) is 0 Å². The van der Waals surface area contributed by atoms with Crippen LogP contribution >= 0.6 is 0 Å². The molecule has 2 rings (SSSR count). The fraction of sp³-hybridized carbons (Fsp3) is 0.429. The second-order valence-corrected chi connectivity index (χ2v) is 7.37. The minimum atomic E-state index is -0.542. The summed E-state index contributed by atoms with van der Waals surface area (Å²) in [6, 6.07) is 0. The van der Waals surface area contributed by atoms with Crippen LogP contribution in [0.25, 0.3) is 6.08 Å². The summed E-state index contributed by atoms with van der Waals surface area (Å²) in [7, 11) is 0. The number of rotatable bonds is 5. The van der Waals surface area contributed by atoms with Crippen LogP contribution in [0, 0.1) is 5.41 Å². The molecule has 0 aromatic carbocycles. The molecule has 0 amide bonds. The molecule has 134 valence electrons. The lowest BCUT2D eigenvalue weighted by Crippen LogP contribution is -2.19. The van der Waals surface area contributed by atoms with Crippen LogP contribution in [-0.2, 0) is 0 Å². The van der Waals surface area contributed by atoms with E-state index < -0.39 is 5.76 Å². The highest BCUT2D eigenvalue weighted by molar-refractivity contribution is 5.47. The Kier molecular flexibility index (Phi) is 6.18. The molecular weight excluding hydrogens is 312 g/mol. The van der Waals surface area contributed by atoms with E-state index in [-0.39, 0.29) is 11.3 Å². The quantitative estimate of drug-likeness (QED) is 0.735. The Hall–Kier alpha value is -2.36. The van der Waals surface area contributed by atoms with E-state index in [1.165, 1.54) is 36.0 Å². The van der Waals surface area contributed by atoms with Crippen LogP contribution in [0.5, 0.6) is 0 Å². The maximum atomic E-state index is 10.9. The zero-order valence-electron chi connectivity index (χ0n) is 15.8. The predicted octanol–water partition coefficient (Wildman–Crippen LogP) is 5.35. The molecule has 0 fully saturated rings. The second-order valence-electron chi connectivity index (χ2n) is 7.37. The Morgan fingerprint density at radius 1 is 1.24 bits per heavy atom. The molecule has 1 aromatic heterocycles. The van der Waals surface area contributed by atoms with Gasteiger partial charge in [0.2, 0.25) is 5.89 Å². The van der Waals surface area contributed by atoms with Gasteiger partial charge >= 0.3 is 5.76 Å². The van der Waals surface area contributed by atoms with Gasteiger partial charge in [-0.2, -0.15) is 0 Å². The third kappa shape index (κ3) is 5.59. The highest BCUT2D eigenvalue weighted by atomic mass is 16.4. The van der Waals surface area contributed by atoms with E-state index in [2.05, 4.69) is 56.1 Å². The molecule has 4 nitrogen and oxygen atoms in total. The van der Waals surface area contributed by atoms with E-state index in [0.29, 0.717) is 0 Å². The fourth-order valence-corrected chi connectivity index (χ4v) is 3.18. The summed E-state index contributed by atoms with van der Waals surface area (Å²) in [6.45, 7) is 10.9. The Labute approximate surface area is 149 Å². The van der Waals surface area contributed by atoms with Gasteiger partial charge in [-0.25, -0.2) is 9.89 Å². The molecule has 0 saturated heterocycles. The Morgan fingerprint density at radius 3 is 2.64 bits per heavy atom. The molecule has 0 atom stereocenters. The van der Waals surface area contributed by atoms with Gasteiger partial charge in [-0.3, -0.25) is 0 Å². The van der Waals surface area contributed by atoms with Gasteiger partial charge in [0.1, 0.15) is 0 Å². The summed E-state index contributed by atoms with van der Waals surface area (Å²) in [4.78, 5) is 10.9. The maximum absolute atomic E-state index is 10.9. The van der Waals surface area contributed by atoms with Crippen LogP contribution < -0.4 is 5.76 Å². The molecule has 4 heteroatoms. The molecule has 1 aromatic rings. The largest absolute Gasteiger partial charge is 0.434 e. The van der Waals surface area contributed by atoms with Crippen LogP contribution in [0.3, 0.4) is 0 Å². The van der Waals surface area contributed by atoms with E-state index in [4.69, 9.17) is 4.42 Å². The third-order valence-corrected chi connectivity index (χ3v) is 4.58. The van der Waals surface area contributed by atoms with Gasteiger partial charge in [0.15, 0.2) is 0 Å². The first-order valence-corrected chi connectivity index (χ1v) is 8.75. The molecule has 0 saturated carbocycles. The number of allylic oxidation sites excluding steroid dienone is 9. The molecule has 0 spiro atoms. The van der Waals surface area contributed by atoms with Crippen molar-refractivity contribution < 1.29 is 4.42 Å². The molecule has 0 radical (unpaired) electrons. The van der Waals surface area contributed by atoms with E-state index in [1.54, 1.807) is 6.08 Å². The van der Waals surface area contributed by atoms with Crippen molar-refractivity contribution in [2.75, 3.05) is 0 Å². The second kappa shape index (κ2) is 8.15. The van der Waals surface area contributed by atoms with Gasteiger partial charge in [-0.1, -0.05) is 55.4 Å². The number of aromatic amines is 1. The van der Waals surface area contributed by atoms with Gasteiger partial charge in [-0.05, 0) is 56.6 Å². The van der Waals surface area contributed by atoms with Crippen molar-refractivity contribution in [2.45, 2.75) is 53.9 Å². The molecule has 0 unspecified atom stereocenters. The highest BCUT2D eigenvalue weighted by Gasteiger charge is 2.26. The van der Waals surface area contributed by atoms with Crippen molar-refractivity contribution in [2.24, 2.45) is 5.41 Å². The van der Waals surface area contributed by atoms with Crippen molar-refractivity contribution in [3.63, 3.8) is 0 Å². The molecule has 1 aliphatic carbocycles. The van der Waals surface area contributed by atoms with Crippen molar-refractivity contribution >= 4 is 6.08 Å². The summed E-state index contributed by atoms with van der Waals surface area (Å²) in [5, 5.41) is 5.99. The van der Waals surface area contributed by atoms with Crippen LogP contribution in [0.15, 0.2) is 61.9 Å². The lowest BCUT2D eigenvalue weighted by Gasteiger charge is -2.32. The smallest absolute Gasteiger partial charge is 0.388 e. The van der Waals surface area contributed by atoms with Gasteiger partial charge in [0, 0.05) is 6.08 Å². The Morgan fingerprint density at radius 2 is 2.00 bits per heavy atom. The normalized spacial score (nSPS) is 19.4. The maximum Gasteiger partial charge on any atom is 0.434 e. The van der Waals surface area contributed by atoms with Gasteiger partial charge in [0.25, 0.3) is 0 Å². The summed E-state index contributed by atoms with van der Waals surface area (Å²) < 4.78 is 4.85. The molecule has 1 N–H and O–H groups in total. The minimum Gasteiger partial charge on any atom is -0.388 e. The average Bonchev–Trinajstić information content (AvgIpc) is 2.91. The van der Waals surface area contributed by atoms with E-state index in [0.717, 1.165) is 5.57 Å². The molecule has 0 aliphatic heterocycles. The minimum absolute atomic E-state index is 0.266. The third-order valence-electron chi connectivity index (χ3n) is 4.58. The zero-order chi connectivity index (χ0) is 18.4. The van der Waals surface area contributed by atoms with Crippen molar-refractivity contribution in [1.29, 1.82) is 0 Å². The molecule has 25 heavy (non-hydrogen) atoms. The van der Waals surface area contributed by atoms with E-state index >= 15 is 0 Å². The first kappa shape index (κ1) is 19.0. The van der Waals surface area contributed by atoms with Crippen LogP contribution in [-0.4, -0.2) is 10.2 Å². The first-order valence-electron chi connectivity index (χ1n) is 8.75. The predicted molar refractivity (Wildman–Crippen MR) is 103 cm³/mol. The Balaban J connectivity index is 2.04. The number of hydrogen-bond acceptors (Lipinski definition) is 3. The summed E-state index contributed by atoms with van der Waals surface area (Å²) in [5.74, 6) is -0.256. The zero-order valence-corrected chi connectivity index (χ0v) is 15.8. The monoisotopic (exact) mass is 340 g/mol. The average molecular weight is 340 g/mol. The summed E-state index contributed by atoms with van der Waals surface area (Å²) in [5.41, 5.74) is 5.39. The SMILES string of the molecule is CC1=C(/C=C/C(C)=C/C=C/C(C)=C/c2n[nH]c(=O)o2)C(C)(C)CCC1. The van der Waals surface area contributed by atoms with Gasteiger partial charge in [0.05, 0.1) is 0 Å². The molecule has 1 aliphatic rings. The number of nitrogens with one attached hydrogen (secondary N) is 1. The number of hydrogen-bond donors (Lipinski definition) is 1. The summed E-state index contributed by atoms with van der Waals surface area (Å²) in [6.07, 6.45) is 15.9. The van der Waals surface area contributed by atoms with Crippen LogP contribution in [0.2, 0.25) is 0 Å². The van der Waals surface area contributed by atoms with Gasteiger partial charge < -0.3 is 4.42 Å². The highest BCUT2D eigenvalue weighted by Crippen LogP contribution is 2.40. The summed E-state index contributed by atoms with van der Waals surface area (Å²) >= 11 is 0. The van der Waals surface area contributed by atoms with E-state index in [9.17, 15) is 4.79 Å². The number of nitrogens with zero attached hydrogens (tertiary/aromatic N) is 1. The molecule has 0 bridgehead atoms. The Bertz CT molecular complexity index is 811. The fourth-order valence-electron chi connectivity index (χ4n) is 3.18. The lowest BCUT2D eigenvalue weighted by molar-refractivity contribution is 0.377. The lowest BCUT2D eigenvalue weighted by atomic mass is 9.72. The van der Waals surface area contributed by atoms with Gasteiger partial charge in [-0.15, -0.1) is 5.10 Å².